The van der Waals surface area contributed by atoms with Crippen LogP contribution in [0.15, 0.2) is 79.4 Å². The molecule has 0 radical (unpaired) electrons. The summed E-state index contributed by atoms with van der Waals surface area (Å²) in [6.45, 7) is 10.4. The zero-order chi connectivity index (χ0) is 35.0. The maximum Gasteiger partial charge on any atom is 0.231 e. The highest BCUT2D eigenvalue weighted by atomic mass is 16.5. The predicted molar refractivity (Wildman–Crippen MR) is 199 cm³/mol. The summed E-state index contributed by atoms with van der Waals surface area (Å²) in [5, 5.41) is 0.970. The van der Waals surface area contributed by atoms with Crippen LogP contribution in [0.3, 0.4) is 0 Å². The summed E-state index contributed by atoms with van der Waals surface area (Å²) in [5.74, 6) is 2.19. The fraction of sp³-hybridized carbons (Fsp3) is 0.415. The number of aromatic amines is 1. The second-order valence-electron chi connectivity index (χ2n) is 14.9. The van der Waals surface area contributed by atoms with Gasteiger partial charge in [-0.25, -0.2) is 9.97 Å². The van der Waals surface area contributed by atoms with Gasteiger partial charge in [0.05, 0.1) is 37.0 Å². The van der Waals surface area contributed by atoms with E-state index in [2.05, 4.69) is 78.8 Å². The molecule has 2 aliphatic heterocycles. The van der Waals surface area contributed by atoms with Crippen LogP contribution in [0.2, 0.25) is 0 Å². The maximum atomic E-state index is 11.9. The number of nitrogens with zero attached hydrogens (tertiary/aromatic N) is 6. The lowest BCUT2D eigenvalue weighted by Gasteiger charge is -2.58. The number of H-pyrrole nitrogens is 1. The number of piperazine rings is 1. The minimum atomic E-state index is 0.342. The van der Waals surface area contributed by atoms with E-state index in [1.807, 2.05) is 36.7 Å². The minimum absolute atomic E-state index is 0.342. The second kappa shape index (κ2) is 14.1. The first-order valence-electron chi connectivity index (χ1n) is 18.3. The fourth-order valence-electron chi connectivity index (χ4n) is 8.64. The Hall–Kier alpha value is -4.80. The molecule has 0 amide bonds. The van der Waals surface area contributed by atoms with Gasteiger partial charge in [-0.1, -0.05) is 38.1 Å². The summed E-state index contributed by atoms with van der Waals surface area (Å²) in [6, 6.07) is 19.9. The predicted octanol–water partition coefficient (Wildman–Crippen LogP) is 7.40. The number of pyridine rings is 1. The monoisotopic (exact) mass is 685 g/mol. The molecule has 1 N–H and O–H groups in total. The lowest BCUT2D eigenvalue weighted by molar-refractivity contribution is -0.0629. The normalized spacial score (nSPS) is 19.8. The second-order valence-corrected chi connectivity index (χ2v) is 14.9. The number of piperidine rings is 1. The number of rotatable bonds is 10. The summed E-state index contributed by atoms with van der Waals surface area (Å²) < 4.78 is 11.5. The number of carbonyl (C=O) groups is 1. The zero-order valence-corrected chi connectivity index (χ0v) is 29.8. The fourth-order valence-corrected chi connectivity index (χ4v) is 8.64. The molecule has 10 nitrogen and oxygen atoms in total. The molecule has 1 saturated carbocycles. The largest absolute Gasteiger partial charge is 0.480 e. The molecule has 2 aromatic carbocycles. The van der Waals surface area contributed by atoms with E-state index in [9.17, 15) is 4.79 Å². The summed E-state index contributed by atoms with van der Waals surface area (Å²) in [7, 11) is 1.62. The molecule has 1 unspecified atom stereocenters. The van der Waals surface area contributed by atoms with Gasteiger partial charge in [-0.05, 0) is 72.4 Å². The van der Waals surface area contributed by atoms with Crippen LogP contribution in [0.25, 0.3) is 11.0 Å². The van der Waals surface area contributed by atoms with Crippen molar-refractivity contribution in [3.05, 3.63) is 102 Å². The first-order valence-corrected chi connectivity index (χ1v) is 18.3. The molecule has 5 aromatic rings. The third kappa shape index (κ3) is 6.82. The molecule has 1 spiro atoms. The van der Waals surface area contributed by atoms with Crippen molar-refractivity contribution in [1.29, 1.82) is 0 Å². The maximum absolute atomic E-state index is 11.9. The summed E-state index contributed by atoms with van der Waals surface area (Å²) in [4.78, 5) is 36.3. The molecule has 1 aliphatic carbocycles. The van der Waals surface area contributed by atoms with Gasteiger partial charge in [0.2, 0.25) is 5.88 Å². The topological polar surface area (TPSA) is 99.7 Å². The summed E-state index contributed by atoms with van der Waals surface area (Å²) in [5.41, 5.74) is 6.72. The average molecular weight is 686 g/mol. The van der Waals surface area contributed by atoms with Crippen molar-refractivity contribution in [2.24, 2.45) is 5.41 Å². The van der Waals surface area contributed by atoms with Gasteiger partial charge in [-0.2, -0.15) is 0 Å². The Kier molecular flexibility index (Phi) is 9.21. The third-order valence-electron chi connectivity index (χ3n) is 11.5. The highest BCUT2D eigenvalue weighted by molar-refractivity contribution is 5.81. The van der Waals surface area contributed by atoms with Gasteiger partial charge in [-0.3, -0.25) is 19.6 Å². The molecule has 8 rings (SSSR count). The van der Waals surface area contributed by atoms with Gasteiger partial charge in [-0.15, -0.1) is 0 Å². The first-order chi connectivity index (χ1) is 24.9. The zero-order valence-electron chi connectivity index (χ0n) is 29.8. The highest BCUT2D eigenvalue weighted by Crippen LogP contribution is 2.53. The Morgan fingerprint density at radius 1 is 0.961 bits per heavy atom. The van der Waals surface area contributed by atoms with Crippen molar-refractivity contribution in [1.82, 2.24) is 29.7 Å². The van der Waals surface area contributed by atoms with Crippen LogP contribution in [-0.2, 0) is 6.54 Å². The summed E-state index contributed by atoms with van der Waals surface area (Å²) in [6.07, 6.45) is 12.8. The molecule has 3 aliphatic rings. The van der Waals surface area contributed by atoms with Gasteiger partial charge in [0, 0.05) is 74.7 Å². The van der Waals surface area contributed by atoms with Crippen LogP contribution in [0.1, 0.15) is 78.7 Å². The first kappa shape index (κ1) is 33.3. The molecule has 3 fully saturated rings. The van der Waals surface area contributed by atoms with Crippen molar-refractivity contribution in [3.8, 4) is 17.4 Å². The van der Waals surface area contributed by atoms with E-state index >= 15 is 0 Å². The van der Waals surface area contributed by atoms with Gasteiger partial charge < -0.3 is 19.4 Å². The van der Waals surface area contributed by atoms with Crippen molar-refractivity contribution < 1.29 is 14.3 Å². The standard InChI is InChI=1S/C41H47N7O3/c1-28(2)35-6-4-5-7-36(35)37-26-46(25-31-22-44-39(50-3)24-43-31)16-17-48(37)33-20-41(21-33)11-14-47(15-12-41)32-9-8-30(27-49)38(19-32)51-34-18-29-10-13-42-40(29)45-23-34/h4-10,13,18-19,22-24,27-28,33,37H,11-12,14-17,20-21,25-26H2,1-3H3,(H,42,45). The Bertz CT molecular complexity index is 1980. The Labute approximate surface area is 299 Å². The van der Waals surface area contributed by atoms with Crippen molar-refractivity contribution >= 4 is 23.0 Å². The number of ether oxygens (including phenoxy) is 2. The van der Waals surface area contributed by atoms with Crippen molar-refractivity contribution in [2.45, 2.75) is 64.1 Å². The number of anilines is 1. The molecule has 2 saturated heterocycles. The van der Waals surface area contributed by atoms with Gasteiger partial charge in [0.25, 0.3) is 0 Å². The molecule has 264 valence electrons. The molecule has 10 heteroatoms. The van der Waals surface area contributed by atoms with Crippen molar-refractivity contribution in [3.63, 3.8) is 0 Å². The SMILES string of the molecule is COc1cnc(CN2CCN(C3CC4(CCN(c5ccc(C=O)c(Oc6cnc7[nH]ccc7c6)c5)CC4)C3)C(c3ccccc3C(C)C)C2)cn1. The van der Waals surface area contributed by atoms with E-state index < -0.39 is 0 Å². The number of benzene rings is 2. The Morgan fingerprint density at radius 2 is 1.80 bits per heavy atom. The van der Waals surface area contributed by atoms with Crippen LogP contribution < -0.4 is 14.4 Å². The van der Waals surface area contributed by atoms with E-state index in [0.29, 0.717) is 46.4 Å². The number of carbonyl (C=O) groups excluding carboxylic acids is 1. The lowest BCUT2D eigenvalue weighted by Crippen LogP contribution is -2.60. The van der Waals surface area contributed by atoms with Crippen LogP contribution in [0, 0.1) is 5.41 Å². The molecular weight excluding hydrogens is 638 g/mol. The molecular formula is C41H47N7O3. The number of hydrogen-bond acceptors (Lipinski definition) is 9. The molecule has 5 heterocycles. The number of hydrogen-bond donors (Lipinski definition) is 1. The average Bonchev–Trinajstić information content (AvgIpc) is 3.62. The van der Waals surface area contributed by atoms with E-state index in [-0.39, 0.29) is 0 Å². The lowest BCUT2D eigenvalue weighted by atomic mass is 9.59. The Balaban J connectivity index is 0.938. The van der Waals surface area contributed by atoms with E-state index in [1.165, 1.54) is 36.8 Å². The van der Waals surface area contributed by atoms with Crippen LogP contribution in [0.5, 0.6) is 17.4 Å². The van der Waals surface area contributed by atoms with Crippen LogP contribution in [-0.4, -0.2) is 81.9 Å². The number of aromatic nitrogens is 4. The van der Waals surface area contributed by atoms with Crippen LogP contribution in [0.4, 0.5) is 5.69 Å². The Morgan fingerprint density at radius 3 is 2.57 bits per heavy atom. The molecule has 1 atom stereocenters. The number of nitrogens with one attached hydrogen (secondary N) is 1. The van der Waals surface area contributed by atoms with Crippen molar-refractivity contribution in [2.75, 3.05) is 44.7 Å². The van der Waals surface area contributed by atoms with Gasteiger partial charge >= 0.3 is 0 Å². The smallest absolute Gasteiger partial charge is 0.231 e. The number of methoxy groups -OCH3 is 1. The molecule has 51 heavy (non-hydrogen) atoms. The molecule has 0 bridgehead atoms. The summed E-state index contributed by atoms with van der Waals surface area (Å²) >= 11 is 0. The van der Waals surface area contributed by atoms with Gasteiger partial charge in [0.1, 0.15) is 17.1 Å². The molecule has 3 aromatic heterocycles. The van der Waals surface area contributed by atoms with E-state index in [1.54, 1.807) is 19.5 Å². The quantitative estimate of drug-likeness (QED) is 0.151. The van der Waals surface area contributed by atoms with Crippen LogP contribution >= 0.6 is 0 Å². The minimum Gasteiger partial charge on any atom is -0.480 e. The number of fused-ring (bicyclic) bond motifs is 1. The number of aldehydes is 1. The van der Waals surface area contributed by atoms with Gasteiger partial charge in [0.15, 0.2) is 6.29 Å². The van der Waals surface area contributed by atoms with E-state index in [4.69, 9.17) is 9.47 Å². The third-order valence-corrected chi connectivity index (χ3v) is 11.5. The van der Waals surface area contributed by atoms with E-state index in [0.717, 1.165) is 68.0 Å². The highest BCUT2D eigenvalue weighted by Gasteiger charge is 2.50.